The van der Waals surface area contributed by atoms with Gasteiger partial charge in [0.05, 0.1) is 5.69 Å². The Labute approximate surface area is 160 Å². The number of nitrogens with one attached hydrogen (secondary N) is 1. The molecule has 2 aromatic rings. The van der Waals surface area contributed by atoms with E-state index in [9.17, 15) is 4.79 Å². The molecule has 1 saturated heterocycles. The number of H-pyrrole nitrogens is 1. The lowest BCUT2D eigenvalue weighted by atomic mass is 10.0. The predicted molar refractivity (Wildman–Crippen MR) is 107 cm³/mol. The average molecular weight is 367 g/mol. The van der Waals surface area contributed by atoms with Crippen LogP contribution in [0, 0.1) is 0 Å². The number of rotatable bonds is 5. The van der Waals surface area contributed by atoms with Crippen molar-refractivity contribution in [3.05, 3.63) is 51.9 Å². The molecule has 4 rings (SSSR count). The van der Waals surface area contributed by atoms with Crippen molar-refractivity contribution in [2.24, 2.45) is 0 Å². The van der Waals surface area contributed by atoms with Crippen LogP contribution in [0.15, 0.2) is 35.1 Å². The van der Waals surface area contributed by atoms with Gasteiger partial charge < -0.3 is 9.72 Å². The van der Waals surface area contributed by atoms with Crippen molar-refractivity contribution in [3.63, 3.8) is 0 Å². The molecule has 0 amide bonds. The van der Waals surface area contributed by atoms with E-state index in [1.165, 1.54) is 18.4 Å². The first-order chi connectivity index (χ1) is 13.2. The van der Waals surface area contributed by atoms with Crippen molar-refractivity contribution in [2.75, 3.05) is 20.3 Å². The van der Waals surface area contributed by atoms with Gasteiger partial charge in [-0.05, 0) is 38.3 Å². The van der Waals surface area contributed by atoms with E-state index in [4.69, 9.17) is 9.72 Å². The molecule has 0 spiro atoms. The van der Waals surface area contributed by atoms with Crippen molar-refractivity contribution in [3.8, 4) is 11.4 Å². The van der Waals surface area contributed by atoms with Crippen LogP contribution < -0.4 is 5.56 Å². The molecule has 0 bridgehead atoms. The zero-order chi connectivity index (χ0) is 18.6. The summed E-state index contributed by atoms with van der Waals surface area (Å²) in [5, 5.41) is 0. The summed E-state index contributed by atoms with van der Waals surface area (Å²) in [6, 6.07) is 10.7. The standard InChI is InChI=1S/C22H29N3O2/c1-25(19-10-12-27-13-11-19)15-16-6-8-18(9-7-16)22-23-20(14-21(26)24-22)17-4-2-3-5-17/h6-9,14,17,19H,2-5,10-13,15H2,1H3,(H,23,24,26). The first-order valence-corrected chi connectivity index (χ1v) is 10.2. The van der Waals surface area contributed by atoms with E-state index in [1.54, 1.807) is 6.07 Å². The van der Waals surface area contributed by atoms with Gasteiger partial charge >= 0.3 is 0 Å². The lowest BCUT2D eigenvalue weighted by molar-refractivity contribution is 0.0407. The molecular formula is C22H29N3O2. The van der Waals surface area contributed by atoms with Crippen LogP contribution in [0.1, 0.15) is 55.7 Å². The van der Waals surface area contributed by atoms with Crippen LogP contribution >= 0.6 is 0 Å². The predicted octanol–water partition coefficient (Wildman–Crippen LogP) is 3.71. The van der Waals surface area contributed by atoms with E-state index in [-0.39, 0.29) is 5.56 Å². The molecule has 1 aliphatic carbocycles. The van der Waals surface area contributed by atoms with Gasteiger partial charge in [-0.1, -0.05) is 37.1 Å². The molecule has 1 saturated carbocycles. The fraction of sp³-hybridized carbons (Fsp3) is 0.545. The Bertz CT molecular complexity index is 803. The minimum absolute atomic E-state index is 0.0507. The third-order valence-corrected chi connectivity index (χ3v) is 6.01. The molecule has 5 nitrogen and oxygen atoms in total. The van der Waals surface area contributed by atoms with Gasteiger partial charge in [-0.25, -0.2) is 4.98 Å². The number of hydrogen-bond acceptors (Lipinski definition) is 4. The minimum Gasteiger partial charge on any atom is -0.381 e. The summed E-state index contributed by atoms with van der Waals surface area (Å²) >= 11 is 0. The first kappa shape index (κ1) is 18.4. The molecule has 2 heterocycles. The van der Waals surface area contributed by atoms with E-state index in [2.05, 4.69) is 41.2 Å². The first-order valence-electron chi connectivity index (χ1n) is 10.2. The van der Waals surface area contributed by atoms with Gasteiger partial charge in [0.25, 0.3) is 5.56 Å². The highest BCUT2D eigenvalue weighted by molar-refractivity contribution is 5.55. The third kappa shape index (κ3) is 4.47. The lowest BCUT2D eigenvalue weighted by Crippen LogP contribution is -2.36. The van der Waals surface area contributed by atoms with E-state index in [0.29, 0.717) is 17.8 Å². The normalized spacial score (nSPS) is 19.0. The zero-order valence-electron chi connectivity index (χ0n) is 16.1. The molecule has 144 valence electrons. The maximum absolute atomic E-state index is 12.1. The van der Waals surface area contributed by atoms with Crippen molar-refractivity contribution >= 4 is 0 Å². The lowest BCUT2D eigenvalue weighted by Gasteiger charge is -2.31. The Morgan fingerprint density at radius 2 is 1.81 bits per heavy atom. The zero-order valence-corrected chi connectivity index (χ0v) is 16.1. The SMILES string of the molecule is CN(Cc1ccc(-c2nc(C3CCCC3)cc(=O)[nH]2)cc1)C1CCOCC1. The van der Waals surface area contributed by atoms with Gasteiger partial charge in [-0.2, -0.15) is 0 Å². The van der Waals surface area contributed by atoms with Crippen LogP contribution in [0.25, 0.3) is 11.4 Å². The molecule has 0 radical (unpaired) electrons. The highest BCUT2D eigenvalue weighted by atomic mass is 16.5. The van der Waals surface area contributed by atoms with Crippen molar-refractivity contribution in [1.29, 1.82) is 0 Å². The summed E-state index contributed by atoms with van der Waals surface area (Å²) < 4.78 is 5.46. The molecule has 27 heavy (non-hydrogen) atoms. The van der Waals surface area contributed by atoms with Gasteiger partial charge in [0.1, 0.15) is 5.82 Å². The Kier molecular flexibility index (Phi) is 5.69. The second kappa shape index (κ2) is 8.36. The fourth-order valence-electron chi connectivity index (χ4n) is 4.35. The molecule has 2 aliphatic rings. The Morgan fingerprint density at radius 1 is 1.11 bits per heavy atom. The van der Waals surface area contributed by atoms with Gasteiger partial charge in [-0.3, -0.25) is 9.69 Å². The summed E-state index contributed by atoms with van der Waals surface area (Å²) in [7, 11) is 2.19. The van der Waals surface area contributed by atoms with Crippen LogP contribution in [-0.2, 0) is 11.3 Å². The molecule has 2 fully saturated rings. The number of nitrogens with zero attached hydrogens (tertiary/aromatic N) is 2. The van der Waals surface area contributed by atoms with Crippen molar-refractivity contribution in [1.82, 2.24) is 14.9 Å². The second-order valence-corrected chi connectivity index (χ2v) is 7.96. The fourth-order valence-corrected chi connectivity index (χ4v) is 4.35. The monoisotopic (exact) mass is 367 g/mol. The number of ether oxygens (including phenoxy) is 1. The number of aromatic amines is 1. The van der Waals surface area contributed by atoms with Crippen LogP contribution in [0.2, 0.25) is 0 Å². The Morgan fingerprint density at radius 3 is 2.52 bits per heavy atom. The largest absolute Gasteiger partial charge is 0.381 e. The van der Waals surface area contributed by atoms with Crippen LogP contribution in [0.4, 0.5) is 0 Å². The summed E-state index contributed by atoms with van der Waals surface area (Å²) in [6.07, 6.45) is 6.98. The number of hydrogen-bond donors (Lipinski definition) is 1. The second-order valence-electron chi connectivity index (χ2n) is 7.96. The van der Waals surface area contributed by atoms with E-state index in [1.807, 2.05) is 0 Å². The molecule has 0 unspecified atom stereocenters. The average Bonchev–Trinajstić information content (AvgIpc) is 3.24. The Hall–Kier alpha value is -1.98. The van der Waals surface area contributed by atoms with Crippen molar-refractivity contribution < 1.29 is 4.74 Å². The van der Waals surface area contributed by atoms with Crippen LogP contribution in [-0.4, -0.2) is 41.2 Å². The smallest absolute Gasteiger partial charge is 0.251 e. The summed E-state index contributed by atoms with van der Waals surface area (Å²) in [4.78, 5) is 22.2. The molecule has 0 atom stereocenters. The van der Waals surface area contributed by atoms with E-state index in [0.717, 1.165) is 56.7 Å². The number of benzene rings is 1. The maximum Gasteiger partial charge on any atom is 0.251 e. The molecule has 1 aromatic heterocycles. The van der Waals surface area contributed by atoms with Gasteiger partial charge in [0, 0.05) is 43.3 Å². The van der Waals surface area contributed by atoms with Gasteiger partial charge in [-0.15, -0.1) is 0 Å². The highest BCUT2D eigenvalue weighted by Gasteiger charge is 2.20. The third-order valence-electron chi connectivity index (χ3n) is 6.01. The minimum atomic E-state index is -0.0507. The molecule has 1 aromatic carbocycles. The molecule has 1 aliphatic heterocycles. The quantitative estimate of drug-likeness (QED) is 0.875. The topological polar surface area (TPSA) is 58.2 Å². The molecule has 5 heteroatoms. The highest BCUT2D eigenvalue weighted by Crippen LogP contribution is 2.33. The summed E-state index contributed by atoms with van der Waals surface area (Å²) in [5.41, 5.74) is 3.16. The Balaban J connectivity index is 1.48. The van der Waals surface area contributed by atoms with Crippen LogP contribution in [0.5, 0.6) is 0 Å². The van der Waals surface area contributed by atoms with Gasteiger partial charge in [0.2, 0.25) is 0 Å². The van der Waals surface area contributed by atoms with Crippen molar-refractivity contribution in [2.45, 2.75) is 57.0 Å². The van der Waals surface area contributed by atoms with Gasteiger partial charge in [0.15, 0.2) is 0 Å². The van der Waals surface area contributed by atoms with Crippen LogP contribution in [0.3, 0.4) is 0 Å². The summed E-state index contributed by atoms with van der Waals surface area (Å²) in [5.74, 6) is 1.13. The maximum atomic E-state index is 12.1. The summed E-state index contributed by atoms with van der Waals surface area (Å²) in [6.45, 7) is 2.66. The molecular weight excluding hydrogens is 338 g/mol. The van der Waals surface area contributed by atoms with E-state index >= 15 is 0 Å². The number of aromatic nitrogens is 2. The van der Waals surface area contributed by atoms with E-state index < -0.39 is 0 Å². The molecule has 1 N–H and O–H groups in total.